The number of piperidine rings is 1. The van der Waals surface area contributed by atoms with Crippen molar-refractivity contribution in [2.75, 3.05) is 18.6 Å². The van der Waals surface area contributed by atoms with Gasteiger partial charge in [-0.25, -0.2) is 9.59 Å². The van der Waals surface area contributed by atoms with Crippen molar-refractivity contribution >= 4 is 33.9 Å². The molecule has 1 aliphatic carbocycles. The molecule has 0 spiro atoms. The maximum Gasteiger partial charge on any atom is 0.419 e. The average Bonchev–Trinajstić information content (AvgIpc) is 3.05. The van der Waals surface area contributed by atoms with E-state index in [1.165, 1.54) is 0 Å². The van der Waals surface area contributed by atoms with Gasteiger partial charge < -0.3 is 14.4 Å². The Hall–Kier alpha value is -2.35. The average molecular weight is 489 g/mol. The van der Waals surface area contributed by atoms with Crippen LogP contribution in [0.1, 0.15) is 65.0 Å². The van der Waals surface area contributed by atoms with Crippen LogP contribution in [0.4, 0.5) is 9.59 Å². The molecule has 1 amide bonds. The molecule has 2 aromatic rings. The molecule has 4 atom stereocenters. The number of aromatic nitrogens is 1. The monoisotopic (exact) mass is 488 g/mol. The zero-order chi connectivity index (χ0) is 25.0. The quantitative estimate of drug-likeness (QED) is 0.590. The summed E-state index contributed by atoms with van der Waals surface area (Å²) in [5.74, 6) is 0.745. The van der Waals surface area contributed by atoms with Crippen molar-refractivity contribution in [3.05, 3.63) is 35.5 Å². The van der Waals surface area contributed by atoms with E-state index in [0.29, 0.717) is 18.7 Å². The molecular weight excluding hydrogens is 452 g/mol. The van der Waals surface area contributed by atoms with Crippen LogP contribution in [0.25, 0.3) is 10.9 Å². The molecule has 2 heterocycles. The second-order valence-corrected chi connectivity index (χ2v) is 13.1. The van der Waals surface area contributed by atoms with Crippen molar-refractivity contribution in [1.29, 1.82) is 0 Å². The van der Waals surface area contributed by atoms with Crippen molar-refractivity contribution in [1.82, 2.24) is 9.47 Å². The smallest absolute Gasteiger partial charge is 0.419 e. The van der Waals surface area contributed by atoms with E-state index in [0.717, 1.165) is 28.5 Å². The lowest BCUT2D eigenvalue weighted by Gasteiger charge is -2.47. The first-order valence-corrected chi connectivity index (χ1v) is 13.6. The molecule has 0 radical (unpaired) electrons. The lowest BCUT2D eigenvalue weighted by atomic mass is 9.72. The first-order valence-electron chi connectivity index (χ1n) is 11.9. The Morgan fingerprint density at radius 3 is 2.32 bits per heavy atom. The zero-order valence-electron chi connectivity index (χ0n) is 21.2. The molecule has 0 bridgehead atoms. The summed E-state index contributed by atoms with van der Waals surface area (Å²) in [6.07, 6.45) is 4.31. The number of carbonyl (C=O) groups excluding carboxylic acids is 2. The molecule has 0 saturated carbocycles. The minimum absolute atomic E-state index is 0.0796. The number of nitrogens with zero attached hydrogens (tertiary/aromatic N) is 2. The van der Waals surface area contributed by atoms with Crippen LogP contribution < -0.4 is 0 Å². The molecule has 2 aliphatic rings. The molecule has 34 heavy (non-hydrogen) atoms. The molecule has 4 rings (SSSR count). The van der Waals surface area contributed by atoms with Gasteiger partial charge in [0.05, 0.1) is 5.52 Å². The number of likely N-dealkylation sites (tertiary alicyclic amines) is 1. The van der Waals surface area contributed by atoms with Crippen LogP contribution >= 0.6 is 0 Å². The van der Waals surface area contributed by atoms with Gasteiger partial charge in [-0.1, -0.05) is 12.1 Å². The number of hydrogen-bond acceptors (Lipinski definition) is 5. The number of rotatable bonds is 2. The lowest BCUT2D eigenvalue weighted by Crippen LogP contribution is -2.54. The van der Waals surface area contributed by atoms with Gasteiger partial charge in [-0.2, -0.15) is 0 Å². The second-order valence-electron chi connectivity index (χ2n) is 11.6. The standard InChI is InChI=1S/C26H36N2O5S/c1-25(2,3)32-23(29)27-13-16(15-34(7)31)11-19-18-9-8-10-20-22(18)17(12-21(19)27)14-28(20)24(30)33-26(4,5)6/h8-10,14,16,19,21H,11-13,15H2,1-7H3/t16-,19+,21+,34?/m0/s1. The van der Waals surface area contributed by atoms with Crippen LogP contribution in [-0.2, 0) is 26.7 Å². The van der Waals surface area contributed by atoms with Crippen molar-refractivity contribution in [2.24, 2.45) is 5.92 Å². The number of benzene rings is 1. The third-order valence-electron chi connectivity index (χ3n) is 6.36. The van der Waals surface area contributed by atoms with Gasteiger partial charge in [0.25, 0.3) is 0 Å². The Labute approximate surface area is 204 Å². The molecule has 1 aromatic carbocycles. The van der Waals surface area contributed by atoms with Crippen LogP contribution in [0.5, 0.6) is 0 Å². The minimum atomic E-state index is -0.961. The largest absolute Gasteiger partial charge is 0.444 e. The van der Waals surface area contributed by atoms with Crippen LogP contribution in [0.2, 0.25) is 0 Å². The highest BCUT2D eigenvalue weighted by atomic mass is 32.2. The van der Waals surface area contributed by atoms with Gasteiger partial charge in [0.1, 0.15) is 11.2 Å². The molecule has 7 nitrogen and oxygen atoms in total. The summed E-state index contributed by atoms with van der Waals surface area (Å²) in [5.41, 5.74) is 1.78. The van der Waals surface area contributed by atoms with E-state index >= 15 is 0 Å². The van der Waals surface area contributed by atoms with E-state index in [2.05, 4.69) is 6.07 Å². The summed E-state index contributed by atoms with van der Waals surface area (Å²) < 4.78 is 25.1. The Bertz CT molecular complexity index is 1140. The van der Waals surface area contributed by atoms with Crippen LogP contribution in [-0.4, -0.2) is 61.7 Å². The normalized spacial score (nSPS) is 23.4. The number of amides is 1. The van der Waals surface area contributed by atoms with Gasteiger partial charge in [-0.15, -0.1) is 0 Å². The van der Waals surface area contributed by atoms with E-state index in [-0.39, 0.29) is 24.0 Å². The van der Waals surface area contributed by atoms with Crippen LogP contribution in [0, 0.1) is 5.92 Å². The molecule has 8 heteroatoms. The van der Waals surface area contributed by atoms with Crippen molar-refractivity contribution in [2.45, 2.75) is 77.5 Å². The van der Waals surface area contributed by atoms with Gasteiger partial charge in [0.15, 0.2) is 0 Å². The van der Waals surface area contributed by atoms with Gasteiger partial charge in [-0.3, -0.25) is 8.78 Å². The van der Waals surface area contributed by atoms with E-state index < -0.39 is 28.1 Å². The summed E-state index contributed by atoms with van der Waals surface area (Å²) in [6.45, 7) is 11.7. The molecule has 1 aromatic heterocycles. The Morgan fingerprint density at radius 2 is 1.71 bits per heavy atom. The third-order valence-corrected chi connectivity index (χ3v) is 7.31. The summed E-state index contributed by atoms with van der Waals surface area (Å²) in [4.78, 5) is 28.1. The molecule has 1 saturated heterocycles. The SMILES string of the molecule is CS(=O)C[C@H]1C[C@@H]2c3cccc4c3c(cn4C(=O)OC(C)(C)C)C[C@H]2N(C(=O)OC(C)(C)C)C1. The van der Waals surface area contributed by atoms with Crippen LogP contribution in [0.15, 0.2) is 24.4 Å². The van der Waals surface area contributed by atoms with Crippen molar-refractivity contribution in [3.8, 4) is 0 Å². The Balaban J connectivity index is 1.77. The highest BCUT2D eigenvalue weighted by molar-refractivity contribution is 7.84. The fourth-order valence-corrected chi connectivity index (χ4v) is 6.25. The highest BCUT2D eigenvalue weighted by Crippen LogP contribution is 2.46. The zero-order valence-corrected chi connectivity index (χ0v) is 22.0. The highest BCUT2D eigenvalue weighted by Gasteiger charge is 2.44. The third kappa shape index (κ3) is 5.02. The van der Waals surface area contributed by atoms with Gasteiger partial charge >= 0.3 is 12.2 Å². The molecule has 1 unspecified atom stereocenters. The summed E-state index contributed by atoms with van der Waals surface area (Å²) in [6, 6.07) is 5.92. The predicted octanol–water partition coefficient (Wildman–Crippen LogP) is 5.07. The lowest BCUT2D eigenvalue weighted by molar-refractivity contribution is -0.000299. The number of ether oxygens (including phenoxy) is 2. The van der Waals surface area contributed by atoms with E-state index in [9.17, 15) is 13.8 Å². The summed E-state index contributed by atoms with van der Waals surface area (Å²) in [7, 11) is -0.961. The van der Waals surface area contributed by atoms with Crippen molar-refractivity contribution < 1.29 is 23.3 Å². The minimum Gasteiger partial charge on any atom is -0.444 e. The first kappa shape index (κ1) is 24.8. The summed E-state index contributed by atoms with van der Waals surface area (Å²) >= 11 is 0. The second kappa shape index (κ2) is 8.70. The Kier molecular flexibility index (Phi) is 6.34. The summed E-state index contributed by atoms with van der Waals surface area (Å²) in [5, 5.41) is 1.07. The van der Waals surface area contributed by atoms with Gasteiger partial charge in [0, 0.05) is 52.9 Å². The number of carbonyl (C=O) groups is 2. The van der Waals surface area contributed by atoms with Gasteiger partial charge in [0.2, 0.25) is 0 Å². The fraction of sp³-hybridized carbons (Fsp3) is 0.615. The van der Waals surface area contributed by atoms with E-state index in [1.807, 2.05) is 64.8 Å². The molecule has 0 N–H and O–H groups in total. The predicted molar refractivity (Wildman–Crippen MR) is 134 cm³/mol. The topological polar surface area (TPSA) is 77.8 Å². The maximum atomic E-state index is 13.3. The maximum absolute atomic E-state index is 13.3. The van der Waals surface area contributed by atoms with Gasteiger partial charge in [-0.05, 0) is 77.5 Å². The molecule has 1 fully saturated rings. The fourth-order valence-electron chi connectivity index (χ4n) is 5.34. The number of fused-ring (bicyclic) bond motifs is 2. The van der Waals surface area contributed by atoms with Crippen LogP contribution in [0.3, 0.4) is 0 Å². The first-order chi connectivity index (χ1) is 15.7. The molecule has 186 valence electrons. The number of hydrogen-bond donors (Lipinski definition) is 0. The Morgan fingerprint density at radius 1 is 1.06 bits per heavy atom. The molecule has 1 aliphatic heterocycles. The van der Waals surface area contributed by atoms with E-state index in [1.54, 1.807) is 10.8 Å². The molecular formula is C26H36N2O5S. The van der Waals surface area contributed by atoms with E-state index in [4.69, 9.17) is 9.47 Å². The van der Waals surface area contributed by atoms with Crippen molar-refractivity contribution in [3.63, 3.8) is 0 Å².